The molecular formula is C25H27N5O. The van der Waals surface area contributed by atoms with Crippen molar-refractivity contribution in [1.29, 1.82) is 0 Å². The lowest BCUT2D eigenvalue weighted by molar-refractivity contribution is 0.0762. The molecule has 1 aliphatic heterocycles. The highest BCUT2D eigenvalue weighted by atomic mass is 16.2. The maximum Gasteiger partial charge on any atom is 0.253 e. The summed E-state index contributed by atoms with van der Waals surface area (Å²) in [6.07, 6.45) is 11.3. The Kier molecular flexibility index (Phi) is 4.33. The molecule has 31 heavy (non-hydrogen) atoms. The summed E-state index contributed by atoms with van der Waals surface area (Å²) in [7, 11) is 1.95. The maximum atomic E-state index is 13.1. The van der Waals surface area contributed by atoms with Crippen LogP contribution in [-0.4, -0.2) is 43.1 Å². The monoisotopic (exact) mass is 413 g/mol. The molecule has 2 aliphatic rings. The van der Waals surface area contributed by atoms with Crippen LogP contribution in [0.15, 0.2) is 42.7 Å². The number of benzene rings is 1. The van der Waals surface area contributed by atoms with Gasteiger partial charge in [-0.3, -0.25) is 13.9 Å². The molecular weight excluding hydrogens is 386 g/mol. The van der Waals surface area contributed by atoms with Crippen LogP contribution in [0.1, 0.15) is 60.4 Å². The highest BCUT2D eigenvalue weighted by Gasteiger charge is 2.25. The third-order valence-corrected chi connectivity index (χ3v) is 6.81. The Labute approximate surface area is 181 Å². The molecule has 0 spiro atoms. The number of aromatic nitrogens is 4. The third-order valence-electron chi connectivity index (χ3n) is 6.81. The van der Waals surface area contributed by atoms with Crippen LogP contribution in [0, 0.1) is 0 Å². The molecule has 4 aromatic rings. The average molecular weight is 414 g/mol. The molecule has 2 fully saturated rings. The summed E-state index contributed by atoms with van der Waals surface area (Å²) in [5.41, 5.74) is 5.94. The van der Waals surface area contributed by atoms with E-state index >= 15 is 0 Å². The van der Waals surface area contributed by atoms with Crippen molar-refractivity contribution in [3.05, 3.63) is 53.9 Å². The third kappa shape index (κ3) is 3.21. The van der Waals surface area contributed by atoms with E-state index in [2.05, 4.69) is 27.7 Å². The molecule has 1 aliphatic carbocycles. The number of nitrogens with zero attached hydrogens (tertiary/aromatic N) is 5. The van der Waals surface area contributed by atoms with Crippen LogP contribution in [0.4, 0.5) is 0 Å². The molecule has 6 rings (SSSR count). The minimum Gasteiger partial charge on any atom is -0.339 e. The molecule has 0 N–H and O–H groups in total. The lowest BCUT2D eigenvalue weighted by atomic mass is 10.1. The molecule has 1 saturated carbocycles. The second kappa shape index (κ2) is 7.22. The van der Waals surface area contributed by atoms with Gasteiger partial charge in [0.15, 0.2) is 0 Å². The number of rotatable bonds is 3. The van der Waals surface area contributed by atoms with E-state index in [0.29, 0.717) is 5.92 Å². The van der Waals surface area contributed by atoms with Crippen LogP contribution < -0.4 is 0 Å². The van der Waals surface area contributed by atoms with Gasteiger partial charge in [0.1, 0.15) is 11.3 Å². The predicted molar refractivity (Wildman–Crippen MR) is 121 cm³/mol. The second-order valence-electron chi connectivity index (χ2n) is 9.02. The lowest BCUT2D eigenvalue weighted by Crippen LogP contribution is -2.31. The first-order valence-corrected chi connectivity index (χ1v) is 11.4. The van der Waals surface area contributed by atoms with Crippen molar-refractivity contribution < 1.29 is 4.79 Å². The summed E-state index contributed by atoms with van der Waals surface area (Å²) in [6, 6.07) is 10.3. The minimum atomic E-state index is 0.135. The summed E-state index contributed by atoms with van der Waals surface area (Å²) < 4.78 is 4.04. The van der Waals surface area contributed by atoms with Crippen molar-refractivity contribution in [1.82, 2.24) is 24.1 Å². The Morgan fingerprint density at radius 3 is 2.61 bits per heavy atom. The van der Waals surface area contributed by atoms with Gasteiger partial charge < -0.3 is 4.90 Å². The molecule has 0 bridgehead atoms. The SMILES string of the molecule is Cn1nc(-c2cnc3ccc(C4CC4)cn23)c2ccc(C(=O)N3CCCCCC3)cc21. The zero-order chi connectivity index (χ0) is 20.9. The zero-order valence-electron chi connectivity index (χ0n) is 17.9. The maximum absolute atomic E-state index is 13.1. The topological polar surface area (TPSA) is 55.4 Å². The molecule has 1 aromatic carbocycles. The van der Waals surface area contributed by atoms with Crippen LogP contribution in [0.3, 0.4) is 0 Å². The first-order chi connectivity index (χ1) is 15.2. The quantitative estimate of drug-likeness (QED) is 0.486. The van der Waals surface area contributed by atoms with Crippen molar-refractivity contribution in [3.8, 4) is 11.4 Å². The number of likely N-dealkylation sites (tertiary alicyclic amines) is 1. The normalized spacial score (nSPS) is 17.4. The van der Waals surface area contributed by atoms with Crippen LogP contribution in [0.5, 0.6) is 0 Å². The zero-order valence-corrected chi connectivity index (χ0v) is 17.9. The summed E-state index contributed by atoms with van der Waals surface area (Å²) >= 11 is 0. The van der Waals surface area contributed by atoms with E-state index in [1.807, 2.05) is 41.0 Å². The molecule has 158 valence electrons. The lowest BCUT2D eigenvalue weighted by Gasteiger charge is -2.20. The Balaban J connectivity index is 1.41. The van der Waals surface area contributed by atoms with E-state index in [9.17, 15) is 4.79 Å². The van der Waals surface area contributed by atoms with Crippen molar-refractivity contribution >= 4 is 22.5 Å². The molecule has 3 aromatic heterocycles. The van der Waals surface area contributed by atoms with Crippen LogP contribution >= 0.6 is 0 Å². The number of fused-ring (bicyclic) bond motifs is 2. The molecule has 0 unspecified atom stereocenters. The van der Waals surface area contributed by atoms with Crippen molar-refractivity contribution in [3.63, 3.8) is 0 Å². The van der Waals surface area contributed by atoms with Gasteiger partial charge >= 0.3 is 0 Å². The molecule has 0 radical (unpaired) electrons. The van der Waals surface area contributed by atoms with Crippen LogP contribution in [0.2, 0.25) is 0 Å². The first kappa shape index (κ1) is 18.6. The predicted octanol–water partition coefficient (Wildman–Crippen LogP) is 4.78. The number of aryl methyl sites for hydroxylation is 1. The number of carbonyl (C=O) groups excluding carboxylic acids is 1. The van der Waals surface area contributed by atoms with E-state index in [-0.39, 0.29) is 5.91 Å². The van der Waals surface area contributed by atoms with Gasteiger partial charge in [-0.05, 0) is 61.4 Å². The van der Waals surface area contributed by atoms with Gasteiger partial charge in [-0.1, -0.05) is 18.9 Å². The highest BCUT2D eigenvalue weighted by Crippen LogP contribution is 2.40. The Morgan fingerprint density at radius 2 is 1.84 bits per heavy atom. The fourth-order valence-corrected chi connectivity index (χ4v) is 4.87. The van der Waals surface area contributed by atoms with Gasteiger partial charge in [0, 0.05) is 37.3 Å². The Morgan fingerprint density at radius 1 is 1.03 bits per heavy atom. The standard InChI is InChI=1S/C25H27N5O/c1-28-21-14-18(25(31)29-12-4-2-3-5-13-29)8-10-20(21)24(27-28)22-15-26-23-11-9-19(16-30(22)23)17-6-7-17/h8-11,14-17H,2-7,12-13H2,1H3. The van der Waals surface area contributed by atoms with Crippen molar-refractivity contribution in [2.75, 3.05) is 13.1 Å². The first-order valence-electron chi connectivity index (χ1n) is 11.4. The van der Waals surface area contributed by atoms with Gasteiger partial charge in [-0.25, -0.2) is 4.98 Å². The summed E-state index contributed by atoms with van der Waals surface area (Å²) in [6.45, 7) is 1.72. The Hall–Kier alpha value is -3.15. The van der Waals surface area contributed by atoms with E-state index < -0.39 is 0 Å². The Bertz CT molecular complexity index is 1290. The minimum absolute atomic E-state index is 0.135. The van der Waals surface area contributed by atoms with E-state index in [1.54, 1.807) is 0 Å². The molecule has 0 atom stereocenters. The van der Waals surface area contributed by atoms with Crippen molar-refractivity contribution in [2.45, 2.75) is 44.4 Å². The molecule has 6 heteroatoms. The summed E-state index contributed by atoms with van der Waals surface area (Å²) in [4.78, 5) is 19.7. The molecule has 1 amide bonds. The van der Waals surface area contributed by atoms with Crippen LogP contribution in [-0.2, 0) is 7.05 Å². The number of pyridine rings is 1. The average Bonchev–Trinajstić information content (AvgIpc) is 3.55. The number of hydrogen-bond acceptors (Lipinski definition) is 3. The van der Waals surface area contributed by atoms with Crippen LogP contribution in [0.25, 0.3) is 27.9 Å². The van der Waals surface area contributed by atoms with Gasteiger partial charge in [-0.2, -0.15) is 5.10 Å². The number of imidazole rings is 1. The number of hydrogen-bond donors (Lipinski definition) is 0. The van der Waals surface area contributed by atoms with Gasteiger partial charge in [0.25, 0.3) is 5.91 Å². The number of amides is 1. The second-order valence-corrected chi connectivity index (χ2v) is 9.02. The van der Waals surface area contributed by atoms with Gasteiger partial charge in [0.05, 0.1) is 17.4 Å². The van der Waals surface area contributed by atoms with Gasteiger partial charge in [-0.15, -0.1) is 0 Å². The number of carbonyl (C=O) groups is 1. The fourth-order valence-electron chi connectivity index (χ4n) is 4.87. The van der Waals surface area contributed by atoms with E-state index in [4.69, 9.17) is 5.10 Å². The summed E-state index contributed by atoms with van der Waals surface area (Å²) in [5, 5.41) is 5.88. The summed E-state index contributed by atoms with van der Waals surface area (Å²) in [5.74, 6) is 0.822. The highest BCUT2D eigenvalue weighted by molar-refractivity contribution is 6.01. The van der Waals surface area contributed by atoms with Gasteiger partial charge in [0.2, 0.25) is 0 Å². The van der Waals surface area contributed by atoms with E-state index in [0.717, 1.165) is 59.4 Å². The van der Waals surface area contributed by atoms with Crippen molar-refractivity contribution in [2.24, 2.45) is 7.05 Å². The molecule has 4 heterocycles. The smallest absolute Gasteiger partial charge is 0.253 e. The fraction of sp³-hybridized carbons (Fsp3) is 0.400. The largest absolute Gasteiger partial charge is 0.339 e. The molecule has 1 saturated heterocycles. The van der Waals surface area contributed by atoms with E-state index in [1.165, 1.54) is 31.2 Å². The molecule has 6 nitrogen and oxygen atoms in total.